The fourth-order valence-corrected chi connectivity index (χ4v) is 1.91. The van der Waals surface area contributed by atoms with Crippen molar-refractivity contribution in [3.8, 4) is 11.5 Å². The van der Waals surface area contributed by atoms with Gasteiger partial charge in [0, 0.05) is 11.6 Å². The minimum Gasteiger partial charge on any atom is -0.454 e. The topological polar surface area (TPSA) is 70.5 Å². The van der Waals surface area contributed by atoms with Crippen LogP contribution in [0.2, 0.25) is 0 Å². The summed E-state index contributed by atoms with van der Waals surface area (Å²) in [7, 11) is 0. The Kier molecular flexibility index (Phi) is 5.55. The third kappa shape index (κ3) is 3.25. The molecule has 1 aromatic carbocycles. The van der Waals surface area contributed by atoms with Gasteiger partial charge in [0.2, 0.25) is 6.79 Å². The Morgan fingerprint density at radius 2 is 2.06 bits per heavy atom. The monoisotopic (exact) mass is 258 g/mol. The fourth-order valence-electron chi connectivity index (χ4n) is 1.91. The third-order valence-electron chi connectivity index (χ3n) is 2.80. The average Bonchev–Trinajstić information content (AvgIpc) is 2.76. The van der Waals surface area contributed by atoms with Gasteiger partial charge < -0.3 is 20.9 Å². The van der Waals surface area contributed by atoms with Crippen LogP contribution >= 0.6 is 12.4 Å². The summed E-state index contributed by atoms with van der Waals surface area (Å²) in [5, 5.41) is 0. The van der Waals surface area contributed by atoms with E-state index in [2.05, 4.69) is 0 Å². The maximum absolute atomic E-state index is 6.13. The van der Waals surface area contributed by atoms with E-state index in [0.29, 0.717) is 6.79 Å². The van der Waals surface area contributed by atoms with Gasteiger partial charge in [-0.3, -0.25) is 0 Å². The molecule has 17 heavy (non-hydrogen) atoms. The molecule has 0 aromatic heterocycles. The highest BCUT2D eigenvalue weighted by Crippen LogP contribution is 2.38. The van der Waals surface area contributed by atoms with Crippen molar-refractivity contribution in [3.63, 3.8) is 0 Å². The van der Waals surface area contributed by atoms with Crippen molar-refractivity contribution in [2.45, 2.75) is 25.3 Å². The molecule has 0 radical (unpaired) electrons. The molecule has 0 saturated heterocycles. The van der Waals surface area contributed by atoms with Crippen LogP contribution in [-0.4, -0.2) is 13.3 Å². The Balaban J connectivity index is 0.00000144. The SMILES string of the molecule is Cl.NCCCC[C@H](N)c1cccc2c1OCO2. The summed E-state index contributed by atoms with van der Waals surface area (Å²) in [5.41, 5.74) is 12.6. The molecular weight excluding hydrogens is 240 g/mol. The first kappa shape index (κ1) is 14.1. The number of nitrogens with two attached hydrogens (primary N) is 2. The molecule has 0 bridgehead atoms. The largest absolute Gasteiger partial charge is 0.454 e. The van der Waals surface area contributed by atoms with Gasteiger partial charge in [0.1, 0.15) is 0 Å². The molecule has 0 aliphatic carbocycles. The molecule has 4 N–H and O–H groups in total. The standard InChI is InChI=1S/C12H18N2O2.ClH/c13-7-2-1-5-10(14)9-4-3-6-11-12(9)16-8-15-11;/h3-4,6,10H,1-2,5,7-8,13-14H2;1H/t10-;/m0./s1. The van der Waals surface area contributed by atoms with E-state index in [9.17, 15) is 0 Å². The zero-order chi connectivity index (χ0) is 11.4. The van der Waals surface area contributed by atoms with Crippen LogP contribution in [0.3, 0.4) is 0 Å². The Hall–Kier alpha value is -0.970. The highest BCUT2D eigenvalue weighted by atomic mass is 35.5. The molecule has 2 rings (SSSR count). The predicted octanol–water partition coefficient (Wildman–Crippen LogP) is 1.97. The quantitative estimate of drug-likeness (QED) is 0.792. The second kappa shape index (κ2) is 6.69. The number of rotatable bonds is 5. The summed E-state index contributed by atoms with van der Waals surface area (Å²) in [5.74, 6) is 1.61. The number of benzene rings is 1. The van der Waals surface area contributed by atoms with Gasteiger partial charge in [0.25, 0.3) is 0 Å². The zero-order valence-electron chi connectivity index (χ0n) is 9.72. The molecule has 0 unspecified atom stereocenters. The van der Waals surface area contributed by atoms with Crippen molar-refractivity contribution in [1.82, 2.24) is 0 Å². The summed E-state index contributed by atoms with van der Waals surface area (Å²) in [4.78, 5) is 0. The van der Waals surface area contributed by atoms with Gasteiger partial charge in [-0.15, -0.1) is 12.4 Å². The minimum absolute atomic E-state index is 0. The van der Waals surface area contributed by atoms with Crippen molar-refractivity contribution in [2.75, 3.05) is 13.3 Å². The van der Waals surface area contributed by atoms with Crippen molar-refractivity contribution >= 4 is 12.4 Å². The lowest BCUT2D eigenvalue weighted by molar-refractivity contribution is 0.173. The maximum Gasteiger partial charge on any atom is 0.231 e. The van der Waals surface area contributed by atoms with Gasteiger partial charge in [-0.2, -0.15) is 0 Å². The molecule has 1 aromatic rings. The van der Waals surface area contributed by atoms with Gasteiger partial charge in [-0.05, 0) is 25.5 Å². The van der Waals surface area contributed by atoms with Crippen LogP contribution in [0.4, 0.5) is 0 Å². The van der Waals surface area contributed by atoms with E-state index in [1.54, 1.807) is 0 Å². The molecule has 5 heteroatoms. The zero-order valence-corrected chi connectivity index (χ0v) is 10.5. The summed E-state index contributed by atoms with van der Waals surface area (Å²) in [6.45, 7) is 1.01. The van der Waals surface area contributed by atoms with Crippen molar-refractivity contribution in [3.05, 3.63) is 23.8 Å². The van der Waals surface area contributed by atoms with Gasteiger partial charge in [0.05, 0.1) is 0 Å². The second-order valence-electron chi connectivity index (χ2n) is 3.97. The molecule has 1 aliphatic heterocycles. The number of ether oxygens (including phenoxy) is 2. The van der Waals surface area contributed by atoms with E-state index in [0.717, 1.165) is 42.9 Å². The lowest BCUT2D eigenvalue weighted by atomic mass is 10.0. The lowest BCUT2D eigenvalue weighted by Crippen LogP contribution is -2.12. The number of para-hydroxylation sites is 1. The van der Waals surface area contributed by atoms with E-state index in [4.69, 9.17) is 20.9 Å². The van der Waals surface area contributed by atoms with E-state index in [-0.39, 0.29) is 18.4 Å². The summed E-state index contributed by atoms with van der Waals surface area (Å²) < 4.78 is 10.7. The van der Waals surface area contributed by atoms with Crippen LogP contribution in [-0.2, 0) is 0 Å². The van der Waals surface area contributed by atoms with Crippen molar-refractivity contribution in [1.29, 1.82) is 0 Å². The van der Waals surface area contributed by atoms with Gasteiger partial charge in [-0.25, -0.2) is 0 Å². The normalized spacial score (nSPS) is 14.2. The molecule has 1 atom stereocenters. The highest BCUT2D eigenvalue weighted by molar-refractivity contribution is 5.85. The van der Waals surface area contributed by atoms with Crippen molar-refractivity contribution < 1.29 is 9.47 Å². The first-order chi connectivity index (χ1) is 7.83. The van der Waals surface area contributed by atoms with E-state index >= 15 is 0 Å². The molecule has 0 saturated carbocycles. The Morgan fingerprint density at radius 3 is 2.82 bits per heavy atom. The third-order valence-corrected chi connectivity index (χ3v) is 2.80. The van der Waals surface area contributed by atoms with Crippen LogP contribution < -0.4 is 20.9 Å². The van der Waals surface area contributed by atoms with E-state index in [1.807, 2.05) is 18.2 Å². The van der Waals surface area contributed by atoms with Gasteiger partial charge >= 0.3 is 0 Å². The molecule has 4 nitrogen and oxygen atoms in total. The average molecular weight is 259 g/mol. The van der Waals surface area contributed by atoms with Crippen LogP contribution in [0.1, 0.15) is 30.9 Å². The summed E-state index contributed by atoms with van der Waals surface area (Å²) in [6.07, 6.45) is 2.99. The second-order valence-corrected chi connectivity index (χ2v) is 3.97. The minimum atomic E-state index is 0. The van der Waals surface area contributed by atoms with Crippen LogP contribution in [0.15, 0.2) is 18.2 Å². The fraction of sp³-hybridized carbons (Fsp3) is 0.500. The van der Waals surface area contributed by atoms with E-state index in [1.165, 1.54) is 0 Å². The molecule has 96 valence electrons. The smallest absolute Gasteiger partial charge is 0.231 e. The molecule has 1 aliphatic rings. The summed E-state index contributed by atoms with van der Waals surface area (Å²) >= 11 is 0. The number of hydrogen-bond acceptors (Lipinski definition) is 4. The molecule has 0 amide bonds. The van der Waals surface area contributed by atoms with Crippen molar-refractivity contribution in [2.24, 2.45) is 11.5 Å². The molecule has 0 fully saturated rings. The molecule has 1 heterocycles. The van der Waals surface area contributed by atoms with Crippen LogP contribution in [0.5, 0.6) is 11.5 Å². The predicted molar refractivity (Wildman–Crippen MR) is 69.6 cm³/mol. The van der Waals surface area contributed by atoms with Crippen LogP contribution in [0.25, 0.3) is 0 Å². The summed E-state index contributed by atoms with van der Waals surface area (Å²) in [6, 6.07) is 5.85. The molecule has 0 spiro atoms. The number of unbranched alkanes of at least 4 members (excludes halogenated alkanes) is 1. The van der Waals surface area contributed by atoms with Gasteiger partial charge in [0.15, 0.2) is 11.5 Å². The molecular formula is C12H19ClN2O2. The number of halogens is 1. The Labute approximate surface area is 108 Å². The maximum atomic E-state index is 6.13. The highest BCUT2D eigenvalue weighted by Gasteiger charge is 2.20. The van der Waals surface area contributed by atoms with E-state index < -0.39 is 0 Å². The Morgan fingerprint density at radius 1 is 1.24 bits per heavy atom. The van der Waals surface area contributed by atoms with Crippen LogP contribution in [0, 0.1) is 0 Å². The lowest BCUT2D eigenvalue weighted by Gasteiger charge is -2.13. The van der Waals surface area contributed by atoms with Gasteiger partial charge in [-0.1, -0.05) is 18.6 Å². The number of fused-ring (bicyclic) bond motifs is 1. The number of hydrogen-bond donors (Lipinski definition) is 2. The Bertz CT molecular complexity index is 360. The first-order valence-electron chi connectivity index (χ1n) is 5.67. The first-order valence-corrected chi connectivity index (χ1v) is 5.67.